The molecule has 0 radical (unpaired) electrons. The van der Waals surface area contributed by atoms with Crippen molar-refractivity contribution in [2.75, 3.05) is 31.5 Å². The Labute approximate surface area is 185 Å². The molecule has 1 aromatic carbocycles. The Kier molecular flexibility index (Phi) is 6.23. The topological polar surface area (TPSA) is 74.7 Å². The zero-order chi connectivity index (χ0) is 22.2. The number of aromatic nitrogens is 1. The summed E-state index contributed by atoms with van der Waals surface area (Å²) < 4.78 is 29.9. The zero-order valence-corrected chi connectivity index (χ0v) is 19.3. The SMILES string of the molecule is C[C@@H]1C[C@H](C)CN(S(=O)(=O)c2ccc(NC(=O)CN3CCn4cccc4[C@H]3C)cc2)C1. The van der Waals surface area contributed by atoms with E-state index in [1.807, 2.05) is 6.07 Å². The van der Waals surface area contributed by atoms with Crippen LogP contribution in [0.5, 0.6) is 0 Å². The van der Waals surface area contributed by atoms with E-state index in [4.69, 9.17) is 0 Å². The van der Waals surface area contributed by atoms with Crippen LogP contribution in [0.3, 0.4) is 0 Å². The molecule has 2 aromatic rings. The number of amides is 1. The van der Waals surface area contributed by atoms with E-state index in [-0.39, 0.29) is 16.8 Å². The molecule has 1 fully saturated rings. The Balaban J connectivity index is 1.38. The Morgan fingerprint density at radius 1 is 1.03 bits per heavy atom. The minimum Gasteiger partial charge on any atom is -0.349 e. The van der Waals surface area contributed by atoms with E-state index in [0.29, 0.717) is 37.2 Å². The first-order chi connectivity index (χ1) is 14.7. The van der Waals surface area contributed by atoms with Crippen LogP contribution in [0.2, 0.25) is 0 Å². The fraction of sp³-hybridized carbons (Fsp3) is 0.522. The smallest absolute Gasteiger partial charge is 0.243 e. The zero-order valence-electron chi connectivity index (χ0n) is 18.5. The average molecular weight is 445 g/mol. The van der Waals surface area contributed by atoms with E-state index in [2.05, 4.69) is 47.8 Å². The van der Waals surface area contributed by atoms with Crippen LogP contribution in [0.4, 0.5) is 5.69 Å². The molecule has 0 saturated carbocycles. The lowest BCUT2D eigenvalue weighted by molar-refractivity contribution is -0.118. The number of nitrogens with zero attached hydrogens (tertiary/aromatic N) is 3. The Bertz CT molecular complexity index is 1020. The van der Waals surface area contributed by atoms with Crippen molar-refractivity contribution in [2.45, 2.75) is 44.7 Å². The van der Waals surface area contributed by atoms with Gasteiger partial charge in [-0.25, -0.2) is 8.42 Å². The molecule has 1 saturated heterocycles. The first-order valence-corrected chi connectivity index (χ1v) is 12.5. The molecule has 1 aromatic heterocycles. The number of hydrogen-bond donors (Lipinski definition) is 1. The van der Waals surface area contributed by atoms with Gasteiger partial charge in [0.15, 0.2) is 0 Å². The maximum Gasteiger partial charge on any atom is 0.243 e. The molecule has 0 spiro atoms. The number of anilines is 1. The van der Waals surface area contributed by atoms with Crippen molar-refractivity contribution >= 4 is 21.6 Å². The summed E-state index contributed by atoms with van der Waals surface area (Å²) in [5.74, 6) is 0.621. The molecule has 7 nitrogen and oxygen atoms in total. The van der Waals surface area contributed by atoms with Crippen LogP contribution in [0.1, 0.15) is 38.9 Å². The second kappa shape index (κ2) is 8.76. The first-order valence-electron chi connectivity index (χ1n) is 11.0. The van der Waals surface area contributed by atoms with Gasteiger partial charge < -0.3 is 9.88 Å². The molecule has 0 aliphatic carbocycles. The highest BCUT2D eigenvalue weighted by atomic mass is 32.2. The standard InChI is InChI=1S/C23H32N4O3S/c1-17-13-18(2)15-27(14-17)31(29,30)21-8-6-20(7-9-21)24-23(28)16-26-12-11-25-10-4-5-22(25)19(26)3/h4-10,17-19H,11-16H2,1-3H3,(H,24,28)/t17-,18+,19-/m1/s1. The number of benzene rings is 1. The second-order valence-electron chi connectivity index (χ2n) is 9.11. The van der Waals surface area contributed by atoms with Gasteiger partial charge in [0.1, 0.15) is 0 Å². The van der Waals surface area contributed by atoms with Crippen molar-refractivity contribution in [3.05, 3.63) is 48.3 Å². The van der Waals surface area contributed by atoms with Gasteiger partial charge in [-0.15, -0.1) is 0 Å². The predicted molar refractivity (Wildman–Crippen MR) is 121 cm³/mol. The molecule has 31 heavy (non-hydrogen) atoms. The lowest BCUT2D eigenvalue weighted by Gasteiger charge is -2.34. The van der Waals surface area contributed by atoms with E-state index < -0.39 is 10.0 Å². The van der Waals surface area contributed by atoms with Crippen LogP contribution in [-0.4, -0.2) is 54.3 Å². The summed E-state index contributed by atoms with van der Waals surface area (Å²) in [7, 11) is -3.52. The lowest BCUT2D eigenvalue weighted by atomic mass is 9.94. The molecule has 1 N–H and O–H groups in total. The van der Waals surface area contributed by atoms with Crippen LogP contribution in [-0.2, 0) is 21.4 Å². The minimum atomic E-state index is -3.52. The molecule has 2 aliphatic rings. The summed E-state index contributed by atoms with van der Waals surface area (Å²) in [6.07, 6.45) is 3.13. The molecule has 3 atom stereocenters. The van der Waals surface area contributed by atoms with Gasteiger partial charge in [-0.1, -0.05) is 13.8 Å². The molecule has 0 bridgehead atoms. The largest absolute Gasteiger partial charge is 0.349 e. The minimum absolute atomic E-state index is 0.0962. The number of rotatable bonds is 5. The highest BCUT2D eigenvalue weighted by Gasteiger charge is 2.31. The highest BCUT2D eigenvalue weighted by Crippen LogP contribution is 2.28. The second-order valence-corrected chi connectivity index (χ2v) is 11.1. The number of carbonyl (C=O) groups excluding carboxylic acids is 1. The molecule has 168 valence electrons. The summed E-state index contributed by atoms with van der Waals surface area (Å²) in [4.78, 5) is 15.0. The third kappa shape index (κ3) is 4.71. The highest BCUT2D eigenvalue weighted by molar-refractivity contribution is 7.89. The Morgan fingerprint density at radius 2 is 1.71 bits per heavy atom. The van der Waals surface area contributed by atoms with Crippen molar-refractivity contribution in [3.63, 3.8) is 0 Å². The average Bonchev–Trinajstić information content (AvgIpc) is 3.19. The van der Waals surface area contributed by atoms with E-state index in [0.717, 1.165) is 19.5 Å². The van der Waals surface area contributed by atoms with Crippen molar-refractivity contribution in [1.29, 1.82) is 0 Å². The lowest BCUT2D eigenvalue weighted by Crippen LogP contribution is -2.42. The molecule has 2 aliphatic heterocycles. The van der Waals surface area contributed by atoms with E-state index >= 15 is 0 Å². The monoisotopic (exact) mass is 444 g/mol. The number of piperidine rings is 1. The van der Waals surface area contributed by atoms with Crippen LogP contribution < -0.4 is 5.32 Å². The normalized spacial score (nSPS) is 25.2. The van der Waals surface area contributed by atoms with Gasteiger partial charge in [-0.3, -0.25) is 9.69 Å². The quantitative estimate of drug-likeness (QED) is 0.769. The van der Waals surface area contributed by atoms with Crippen molar-refractivity contribution in [1.82, 2.24) is 13.8 Å². The number of carbonyl (C=O) groups is 1. The van der Waals surface area contributed by atoms with Crippen molar-refractivity contribution < 1.29 is 13.2 Å². The van der Waals surface area contributed by atoms with Gasteiger partial charge in [-0.2, -0.15) is 4.31 Å². The molecule has 3 heterocycles. The summed E-state index contributed by atoms with van der Waals surface area (Å²) in [6, 6.07) is 10.8. The van der Waals surface area contributed by atoms with Crippen molar-refractivity contribution in [2.24, 2.45) is 11.8 Å². The van der Waals surface area contributed by atoms with Crippen LogP contribution in [0.15, 0.2) is 47.5 Å². The predicted octanol–water partition coefficient (Wildman–Crippen LogP) is 3.17. The summed E-state index contributed by atoms with van der Waals surface area (Å²) in [5, 5.41) is 2.90. The van der Waals surface area contributed by atoms with E-state index in [1.165, 1.54) is 5.69 Å². The van der Waals surface area contributed by atoms with E-state index in [1.54, 1.807) is 28.6 Å². The maximum atomic E-state index is 13.0. The number of nitrogens with one attached hydrogen (secondary N) is 1. The molecule has 1 amide bonds. The maximum absolute atomic E-state index is 13.0. The van der Waals surface area contributed by atoms with Gasteiger partial charge in [0.2, 0.25) is 15.9 Å². The molecular weight excluding hydrogens is 412 g/mol. The van der Waals surface area contributed by atoms with Crippen molar-refractivity contribution in [3.8, 4) is 0 Å². The third-order valence-electron chi connectivity index (χ3n) is 6.43. The van der Waals surface area contributed by atoms with E-state index in [9.17, 15) is 13.2 Å². The fourth-order valence-electron chi connectivity index (χ4n) is 4.89. The fourth-order valence-corrected chi connectivity index (χ4v) is 6.57. The van der Waals surface area contributed by atoms with Gasteiger partial charge in [0.05, 0.1) is 11.4 Å². The summed E-state index contributed by atoms with van der Waals surface area (Å²) in [6.45, 7) is 9.41. The number of hydrogen-bond acceptors (Lipinski definition) is 4. The Hall–Kier alpha value is -2.16. The molecule has 0 unspecified atom stereocenters. The molecule has 8 heteroatoms. The van der Waals surface area contributed by atoms with Gasteiger partial charge in [0, 0.05) is 49.8 Å². The number of sulfonamides is 1. The Morgan fingerprint density at radius 3 is 2.39 bits per heavy atom. The summed E-state index contributed by atoms with van der Waals surface area (Å²) in [5.41, 5.74) is 1.83. The summed E-state index contributed by atoms with van der Waals surface area (Å²) >= 11 is 0. The number of fused-ring (bicyclic) bond motifs is 1. The van der Waals surface area contributed by atoms with Gasteiger partial charge in [0.25, 0.3) is 0 Å². The van der Waals surface area contributed by atoms with Gasteiger partial charge in [-0.05, 0) is 61.6 Å². The third-order valence-corrected chi connectivity index (χ3v) is 8.27. The van der Waals surface area contributed by atoms with Crippen LogP contribution in [0, 0.1) is 11.8 Å². The molecular formula is C23H32N4O3S. The van der Waals surface area contributed by atoms with Gasteiger partial charge >= 0.3 is 0 Å². The van der Waals surface area contributed by atoms with Crippen LogP contribution in [0.25, 0.3) is 0 Å². The molecule has 4 rings (SSSR count). The van der Waals surface area contributed by atoms with Crippen LogP contribution >= 0.6 is 0 Å². The first kappa shape index (κ1) is 22.0.